The summed E-state index contributed by atoms with van der Waals surface area (Å²) in [7, 11) is 1.91. The van der Waals surface area contributed by atoms with E-state index < -0.39 is 5.97 Å². The number of aryl methyl sites for hydroxylation is 2. The van der Waals surface area contributed by atoms with Gasteiger partial charge in [-0.2, -0.15) is 5.10 Å². The zero-order chi connectivity index (χ0) is 12.1. The van der Waals surface area contributed by atoms with Crippen molar-refractivity contribution in [1.29, 1.82) is 0 Å². The van der Waals surface area contributed by atoms with Crippen LogP contribution in [-0.2, 0) is 18.4 Å². The molecule has 0 unspecified atom stereocenters. The lowest BCUT2D eigenvalue weighted by Crippen LogP contribution is -2.26. The molecule has 0 saturated heterocycles. The molecule has 90 valence electrons. The lowest BCUT2D eigenvalue weighted by molar-refractivity contribution is -0.137. The second-order valence-electron chi connectivity index (χ2n) is 3.91. The quantitative estimate of drug-likeness (QED) is 0.785. The molecule has 0 radical (unpaired) electrons. The van der Waals surface area contributed by atoms with Crippen LogP contribution in [0, 0.1) is 6.92 Å². The Kier molecular flexibility index (Phi) is 4.49. The molecule has 5 nitrogen and oxygen atoms in total. The van der Waals surface area contributed by atoms with Crippen molar-refractivity contribution >= 4 is 5.97 Å². The summed E-state index contributed by atoms with van der Waals surface area (Å²) in [5.74, 6) is -0.750. The molecule has 0 bridgehead atoms. The zero-order valence-electron chi connectivity index (χ0n) is 10.1. The number of carboxylic acids is 1. The number of rotatable bonds is 6. The predicted molar refractivity (Wildman–Crippen MR) is 61.1 cm³/mol. The van der Waals surface area contributed by atoms with Crippen molar-refractivity contribution in [2.75, 3.05) is 13.1 Å². The van der Waals surface area contributed by atoms with Crippen molar-refractivity contribution in [3.8, 4) is 0 Å². The van der Waals surface area contributed by atoms with E-state index in [9.17, 15) is 4.79 Å². The highest BCUT2D eigenvalue weighted by Crippen LogP contribution is 2.06. The van der Waals surface area contributed by atoms with Crippen LogP contribution in [0.4, 0.5) is 0 Å². The van der Waals surface area contributed by atoms with Gasteiger partial charge in [-0.25, -0.2) is 0 Å². The Balaban J connectivity index is 2.56. The van der Waals surface area contributed by atoms with Crippen LogP contribution in [0.1, 0.15) is 24.7 Å². The topological polar surface area (TPSA) is 58.4 Å². The summed E-state index contributed by atoms with van der Waals surface area (Å²) in [6.45, 7) is 6.16. The first-order valence-corrected chi connectivity index (χ1v) is 5.46. The van der Waals surface area contributed by atoms with Crippen molar-refractivity contribution < 1.29 is 9.90 Å². The second-order valence-corrected chi connectivity index (χ2v) is 3.91. The van der Waals surface area contributed by atoms with E-state index in [1.54, 1.807) is 0 Å². The van der Waals surface area contributed by atoms with Crippen LogP contribution < -0.4 is 0 Å². The van der Waals surface area contributed by atoms with Gasteiger partial charge in [0.15, 0.2) is 0 Å². The van der Waals surface area contributed by atoms with Gasteiger partial charge < -0.3 is 5.11 Å². The maximum absolute atomic E-state index is 10.5. The number of aromatic nitrogens is 2. The van der Waals surface area contributed by atoms with E-state index >= 15 is 0 Å². The largest absolute Gasteiger partial charge is 0.481 e. The average molecular weight is 225 g/mol. The molecule has 1 aromatic heterocycles. The molecule has 1 aromatic rings. The Morgan fingerprint density at radius 2 is 2.31 bits per heavy atom. The summed E-state index contributed by atoms with van der Waals surface area (Å²) in [6, 6.07) is 2.03. The van der Waals surface area contributed by atoms with Crippen LogP contribution in [-0.4, -0.2) is 38.8 Å². The molecule has 0 amide bonds. The van der Waals surface area contributed by atoms with Gasteiger partial charge in [0.05, 0.1) is 17.8 Å². The molecule has 0 saturated carbocycles. The van der Waals surface area contributed by atoms with Gasteiger partial charge in [-0.05, 0) is 19.5 Å². The van der Waals surface area contributed by atoms with Gasteiger partial charge in [0, 0.05) is 20.1 Å². The Bertz CT molecular complexity index is 360. The van der Waals surface area contributed by atoms with Gasteiger partial charge in [0.1, 0.15) is 0 Å². The first-order valence-electron chi connectivity index (χ1n) is 5.46. The van der Waals surface area contributed by atoms with Crippen LogP contribution in [0.2, 0.25) is 0 Å². The summed E-state index contributed by atoms with van der Waals surface area (Å²) >= 11 is 0. The predicted octanol–water partition coefficient (Wildman–Crippen LogP) is 1.03. The average Bonchev–Trinajstić information content (AvgIpc) is 2.51. The Morgan fingerprint density at radius 1 is 1.62 bits per heavy atom. The van der Waals surface area contributed by atoms with E-state index in [0.29, 0.717) is 6.54 Å². The highest BCUT2D eigenvalue weighted by Gasteiger charge is 2.09. The first-order chi connectivity index (χ1) is 7.52. The lowest BCUT2D eigenvalue weighted by Gasteiger charge is -2.19. The van der Waals surface area contributed by atoms with E-state index in [-0.39, 0.29) is 6.42 Å². The highest BCUT2D eigenvalue weighted by molar-refractivity contribution is 5.66. The maximum Gasteiger partial charge on any atom is 0.304 e. The number of aliphatic carboxylic acids is 1. The summed E-state index contributed by atoms with van der Waals surface area (Å²) in [5, 5.41) is 12.9. The number of hydrogen-bond donors (Lipinski definition) is 1. The van der Waals surface area contributed by atoms with Crippen molar-refractivity contribution in [2.24, 2.45) is 7.05 Å². The molecule has 0 aliphatic carbocycles. The molecule has 0 fully saturated rings. The minimum absolute atomic E-state index is 0.185. The van der Waals surface area contributed by atoms with Crippen molar-refractivity contribution in [1.82, 2.24) is 14.7 Å². The fourth-order valence-electron chi connectivity index (χ4n) is 1.64. The van der Waals surface area contributed by atoms with Crippen molar-refractivity contribution in [2.45, 2.75) is 26.8 Å². The normalized spacial score (nSPS) is 11.0. The molecule has 1 N–H and O–H groups in total. The fraction of sp³-hybridized carbons (Fsp3) is 0.636. The standard InChI is InChI=1S/C11H19N3O2/c1-4-14(6-5-11(15)16)8-10-7-9(2)12-13(10)3/h7H,4-6,8H2,1-3H3,(H,15,16). The molecule has 0 aromatic carbocycles. The van der Waals surface area contributed by atoms with Crippen LogP contribution >= 0.6 is 0 Å². The molecular formula is C11H19N3O2. The molecule has 0 spiro atoms. The minimum Gasteiger partial charge on any atom is -0.481 e. The molecule has 0 atom stereocenters. The number of carboxylic acid groups (broad SMARTS) is 1. The van der Waals surface area contributed by atoms with E-state index in [4.69, 9.17) is 5.11 Å². The summed E-state index contributed by atoms with van der Waals surface area (Å²) in [5.41, 5.74) is 2.11. The van der Waals surface area contributed by atoms with Gasteiger partial charge in [0.25, 0.3) is 0 Å². The third-order valence-corrected chi connectivity index (χ3v) is 2.57. The maximum atomic E-state index is 10.5. The SMILES string of the molecule is CCN(CCC(=O)O)Cc1cc(C)nn1C. The Labute approximate surface area is 95.7 Å². The number of hydrogen-bond acceptors (Lipinski definition) is 3. The van der Waals surface area contributed by atoms with Gasteiger partial charge in [-0.3, -0.25) is 14.4 Å². The third kappa shape index (κ3) is 3.66. The highest BCUT2D eigenvalue weighted by atomic mass is 16.4. The van der Waals surface area contributed by atoms with Crippen LogP contribution in [0.15, 0.2) is 6.07 Å². The van der Waals surface area contributed by atoms with Crippen LogP contribution in [0.3, 0.4) is 0 Å². The van der Waals surface area contributed by atoms with Crippen molar-refractivity contribution in [3.05, 3.63) is 17.5 Å². The second kappa shape index (κ2) is 5.65. The molecule has 1 rings (SSSR count). The monoisotopic (exact) mass is 225 g/mol. The minimum atomic E-state index is -0.750. The van der Waals surface area contributed by atoms with Gasteiger partial charge in [-0.1, -0.05) is 6.92 Å². The molecule has 5 heteroatoms. The van der Waals surface area contributed by atoms with E-state index in [1.807, 2.05) is 31.6 Å². The Morgan fingerprint density at radius 3 is 2.75 bits per heavy atom. The van der Waals surface area contributed by atoms with Gasteiger partial charge >= 0.3 is 5.97 Å². The Hall–Kier alpha value is -1.36. The van der Waals surface area contributed by atoms with Gasteiger partial charge in [-0.15, -0.1) is 0 Å². The molecule has 0 aliphatic rings. The lowest BCUT2D eigenvalue weighted by atomic mass is 10.3. The van der Waals surface area contributed by atoms with E-state index in [2.05, 4.69) is 10.00 Å². The smallest absolute Gasteiger partial charge is 0.304 e. The van der Waals surface area contributed by atoms with E-state index in [0.717, 1.165) is 24.5 Å². The molecule has 16 heavy (non-hydrogen) atoms. The zero-order valence-corrected chi connectivity index (χ0v) is 10.1. The first kappa shape index (κ1) is 12.7. The van der Waals surface area contributed by atoms with E-state index in [1.165, 1.54) is 0 Å². The summed E-state index contributed by atoms with van der Waals surface area (Å²) in [6.07, 6.45) is 0.185. The van der Waals surface area contributed by atoms with Crippen LogP contribution in [0.25, 0.3) is 0 Å². The fourth-order valence-corrected chi connectivity index (χ4v) is 1.64. The van der Waals surface area contributed by atoms with Crippen molar-refractivity contribution in [3.63, 3.8) is 0 Å². The van der Waals surface area contributed by atoms with Crippen LogP contribution in [0.5, 0.6) is 0 Å². The molecule has 1 heterocycles. The molecule has 0 aliphatic heterocycles. The number of carbonyl (C=O) groups is 1. The summed E-state index contributed by atoms with van der Waals surface area (Å²) < 4.78 is 1.85. The van der Waals surface area contributed by atoms with Gasteiger partial charge in [0.2, 0.25) is 0 Å². The number of nitrogens with zero attached hydrogens (tertiary/aromatic N) is 3. The third-order valence-electron chi connectivity index (χ3n) is 2.57. The molecular weight excluding hydrogens is 206 g/mol. The summed E-state index contributed by atoms with van der Waals surface area (Å²) in [4.78, 5) is 12.6.